The number of rotatable bonds is 10. The summed E-state index contributed by atoms with van der Waals surface area (Å²) >= 11 is 0. The lowest BCUT2D eigenvalue weighted by atomic mass is 9.98. The Labute approximate surface area is 199 Å². The van der Waals surface area contributed by atoms with Crippen molar-refractivity contribution in [3.8, 4) is 11.1 Å². The van der Waals surface area contributed by atoms with E-state index in [0.717, 1.165) is 41.5 Å². The van der Waals surface area contributed by atoms with Crippen molar-refractivity contribution in [3.05, 3.63) is 95.1 Å². The molecule has 5 heteroatoms. The second-order valence-corrected chi connectivity index (χ2v) is 9.02. The molecule has 1 amide bonds. The zero-order valence-electron chi connectivity index (χ0n) is 19.3. The highest BCUT2D eigenvalue weighted by atomic mass is 16.4. The smallest absolute Gasteiger partial charge is 0.329 e. The van der Waals surface area contributed by atoms with Crippen molar-refractivity contribution in [1.29, 1.82) is 0 Å². The van der Waals surface area contributed by atoms with E-state index in [4.69, 9.17) is 0 Å². The largest absolute Gasteiger partial charge is 0.480 e. The molecule has 174 valence electrons. The number of ketones is 1. The van der Waals surface area contributed by atoms with Crippen molar-refractivity contribution in [2.45, 2.75) is 51.0 Å². The van der Waals surface area contributed by atoms with E-state index in [-0.39, 0.29) is 11.7 Å². The summed E-state index contributed by atoms with van der Waals surface area (Å²) in [5, 5.41) is 11.9. The first-order chi connectivity index (χ1) is 16.4. The Balaban J connectivity index is 1.36. The molecule has 0 aromatic heterocycles. The molecule has 1 fully saturated rings. The normalized spacial score (nSPS) is 13.8. The highest BCUT2D eigenvalue weighted by Gasteiger charge is 2.51. The Morgan fingerprint density at radius 3 is 1.85 bits per heavy atom. The van der Waals surface area contributed by atoms with Gasteiger partial charge in [-0.05, 0) is 60.1 Å². The second kappa shape index (κ2) is 10.0. The van der Waals surface area contributed by atoms with Crippen LogP contribution < -0.4 is 5.32 Å². The summed E-state index contributed by atoms with van der Waals surface area (Å²) in [7, 11) is 0. The van der Waals surface area contributed by atoms with Gasteiger partial charge in [-0.15, -0.1) is 0 Å². The topological polar surface area (TPSA) is 83.5 Å². The van der Waals surface area contributed by atoms with Gasteiger partial charge in [-0.25, -0.2) is 4.79 Å². The summed E-state index contributed by atoms with van der Waals surface area (Å²) in [4.78, 5) is 36.3. The molecule has 0 radical (unpaired) electrons. The minimum Gasteiger partial charge on any atom is -0.480 e. The lowest BCUT2D eigenvalue weighted by molar-refractivity contribution is -0.140. The van der Waals surface area contributed by atoms with Crippen LogP contribution in [0.3, 0.4) is 0 Å². The summed E-state index contributed by atoms with van der Waals surface area (Å²) < 4.78 is 0. The van der Waals surface area contributed by atoms with E-state index < -0.39 is 11.5 Å². The number of carboxylic acid groups (broad SMARTS) is 1. The third-order valence-electron chi connectivity index (χ3n) is 6.41. The number of hydrogen-bond donors (Lipinski definition) is 2. The Bertz CT molecular complexity index is 1170. The molecular weight excluding hydrogens is 426 g/mol. The summed E-state index contributed by atoms with van der Waals surface area (Å²) in [6.07, 6.45) is 4.63. The van der Waals surface area contributed by atoms with E-state index in [1.54, 1.807) is 12.1 Å². The van der Waals surface area contributed by atoms with Crippen LogP contribution >= 0.6 is 0 Å². The highest BCUT2D eigenvalue weighted by Crippen LogP contribution is 2.35. The standard InChI is InChI=1S/C29H29NO4/c1-2-3-4-20-5-11-24(12-6-20)26(31)19-21-7-9-22(10-8-21)23-13-15-25(16-14-23)27(32)30-29(17-18-29)28(33)34/h5-16H,2-4,17-19H2,1H3,(H,30,32)(H,33,34). The predicted octanol–water partition coefficient (Wildman–Crippen LogP) is 5.47. The zero-order valence-corrected chi connectivity index (χ0v) is 19.3. The molecule has 34 heavy (non-hydrogen) atoms. The molecule has 3 aromatic carbocycles. The number of amides is 1. The van der Waals surface area contributed by atoms with Gasteiger partial charge in [0.2, 0.25) is 0 Å². The number of carbonyl (C=O) groups is 3. The summed E-state index contributed by atoms with van der Waals surface area (Å²) in [6, 6.07) is 22.8. The van der Waals surface area contributed by atoms with Crippen LogP contribution in [0.1, 0.15) is 64.4 Å². The van der Waals surface area contributed by atoms with Crippen LogP contribution in [0.25, 0.3) is 11.1 Å². The van der Waals surface area contributed by atoms with Crippen molar-refractivity contribution in [2.75, 3.05) is 0 Å². The van der Waals surface area contributed by atoms with Crippen molar-refractivity contribution >= 4 is 17.7 Å². The number of Topliss-reactive ketones (excluding diaryl/α,β-unsaturated/α-hetero) is 1. The van der Waals surface area contributed by atoms with Crippen LogP contribution in [0.4, 0.5) is 0 Å². The lowest BCUT2D eigenvalue weighted by Crippen LogP contribution is -2.43. The predicted molar refractivity (Wildman–Crippen MR) is 132 cm³/mol. The van der Waals surface area contributed by atoms with Gasteiger partial charge in [0, 0.05) is 17.5 Å². The maximum absolute atomic E-state index is 12.7. The van der Waals surface area contributed by atoms with E-state index in [0.29, 0.717) is 24.8 Å². The molecule has 4 rings (SSSR count). The molecule has 2 N–H and O–H groups in total. The van der Waals surface area contributed by atoms with Gasteiger partial charge in [0.25, 0.3) is 5.91 Å². The van der Waals surface area contributed by atoms with E-state index in [1.165, 1.54) is 5.56 Å². The quantitative estimate of drug-likeness (QED) is 0.397. The van der Waals surface area contributed by atoms with Gasteiger partial charge in [0.15, 0.2) is 5.78 Å². The summed E-state index contributed by atoms with van der Waals surface area (Å²) in [5.41, 5.74) is 4.20. The van der Waals surface area contributed by atoms with E-state index in [1.807, 2.05) is 60.7 Å². The second-order valence-electron chi connectivity index (χ2n) is 9.02. The van der Waals surface area contributed by atoms with E-state index in [9.17, 15) is 19.5 Å². The molecule has 1 aliphatic carbocycles. The Morgan fingerprint density at radius 1 is 0.794 bits per heavy atom. The molecule has 0 aliphatic heterocycles. The number of aliphatic carboxylic acids is 1. The van der Waals surface area contributed by atoms with Crippen LogP contribution in [-0.2, 0) is 17.6 Å². The molecule has 0 heterocycles. The van der Waals surface area contributed by atoms with Crippen molar-refractivity contribution in [3.63, 3.8) is 0 Å². The zero-order chi connectivity index (χ0) is 24.1. The maximum atomic E-state index is 12.7. The van der Waals surface area contributed by atoms with Crippen LogP contribution in [0.5, 0.6) is 0 Å². The van der Waals surface area contributed by atoms with Crippen molar-refractivity contribution < 1.29 is 19.5 Å². The fourth-order valence-electron chi connectivity index (χ4n) is 3.96. The molecule has 0 bridgehead atoms. The van der Waals surface area contributed by atoms with Crippen molar-refractivity contribution in [2.24, 2.45) is 0 Å². The van der Waals surface area contributed by atoms with Crippen LogP contribution in [0.2, 0.25) is 0 Å². The summed E-state index contributed by atoms with van der Waals surface area (Å²) in [5.74, 6) is -1.27. The van der Waals surface area contributed by atoms with Gasteiger partial charge in [-0.2, -0.15) is 0 Å². The minimum absolute atomic E-state index is 0.0972. The lowest BCUT2D eigenvalue weighted by Gasteiger charge is -2.12. The van der Waals surface area contributed by atoms with Gasteiger partial charge < -0.3 is 10.4 Å². The summed E-state index contributed by atoms with van der Waals surface area (Å²) in [6.45, 7) is 2.17. The first-order valence-electron chi connectivity index (χ1n) is 11.8. The number of carbonyl (C=O) groups excluding carboxylic acids is 2. The fourth-order valence-corrected chi connectivity index (χ4v) is 3.96. The molecule has 0 unspecified atom stereocenters. The number of unbranched alkanes of at least 4 members (excludes halogenated alkanes) is 1. The Kier molecular flexibility index (Phi) is 6.92. The van der Waals surface area contributed by atoms with E-state index >= 15 is 0 Å². The van der Waals surface area contributed by atoms with Crippen LogP contribution in [0.15, 0.2) is 72.8 Å². The first-order valence-corrected chi connectivity index (χ1v) is 11.8. The molecule has 3 aromatic rings. The average Bonchev–Trinajstić information content (AvgIpc) is 3.64. The average molecular weight is 456 g/mol. The van der Waals surface area contributed by atoms with Gasteiger partial charge in [0.1, 0.15) is 5.54 Å². The highest BCUT2D eigenvalue weighted by molar-refractivity contribution is 5.99. The Hall–Kier alpha value is -3.73. The SMILES string of the molecule is CCCCc1ccc(C(=O)Cc2ccc(-c3ccc(C(=O)NC4(C(=O)O)CC4)cc3)cc2)cc1. The molecule has 0 spiro atoms. The van der Waals surface area contributed by atoms with Gasteiger partial charge in [-0.1, -0.05) is 74.0 Å². The van der Waals surface area contributed by atoms with Gasteiger partial charge in [0.05, 0.1) is 0 Å². The van der Waals surface area contributed by atoms with Crippen molar-refractivity contribution in [1.82, 2.24) is 5.32 Å². The monoisotopic (exact) mass is 455 g/mol. The van der Waals surface area contributed by atoms with E-state index in [2.05, 4.69) is 12.2 Å². The third kappa shape index (κ3) is 5.42. The Morgan fingerprint density at radius 2 is 1.32 bits per heavy atom. The molecule has 0 atom stereocenters. The number of aryl methyl sites for hydroxylation is 1. The van der Waals surface area contributed by atoms with Crippen LogP contribution in [-0.4, -0.2) is 28.3 Å². The third-order valence-corrected chi connectivity index (χ3v) is 6.41. The number of nitrogens with one attached hydrogen (secondary N) is 1. The fraction of sp³-hybridized carbons (Fsp3) is 0.276. The maximum Gasteiger partial charge on any atom is 0.329 e. The van der Waals surface area contributed by atoms with Gasteiger partial charge in [-0.3, -0.25) is 9.59 Å². The van der Waals surface area contributed by atoms with Gasteiger partial charge >= 0.3 is 5.97 Å². The number of benzene rings is 3. The number of hydrogen-bond acceptors (Lipinski definition) is 3. The molecule has 1 saturated carbocycles. The molecular formula is C29H29NO4. The first kappa shape index (κ1) is 23.4. The minimum atomic E-state index is -1.10. The molecule has 1 aliphatic rings. The van der Waals surface area contributed by atoms with Crippen LogP contribution in [0, 0.1) is 0 Å². The molecule has 0 saturated heterocycles. The number of carboxylic acids is 1. The molecule has 5 nitrogen and oxygen atoms in total.